The Morgan fingerprint density at radius 2 is 1.87 bits per heavy atom. The summed E-state index contributed by atoms with van der Waals surface area (Å²) in [7, 11) is 0. The number of anilines is 1. The molecule has 0 aliphatic rings. The minimum atomic E-state index is -5.00. The van der Waals surface area contributed by atoms with Crippen LogP contribution in [0.5, 0.6) is 0 Å². The van der Waals surface area contributed by atoms with Gasteiger partial charge in [-0.2, -0.15) is 13.2 Å². The van der Waals surface area contributed by atoms with E-state index in [1.54, 1.807) is 0 Å². The zero-order chi connectivity index (χ0) is 11.8. The van der Waals surface area contributed by atoms with Crippen LogP contribution in [0.15, 0.2) is 12.1 Å². The average Bonchev–Trinajstić information content (AvgIpc) is 2.05. The van der Waals surface area contributed by atoms with Gasteiger partial charge in [0.15, 0.2) is 0 Å². The molecule has 7 heteroatoms. The van der Waals surface area contributed by atoms with Crippen LogP contribution in [0, 0.1) is 5.82 Å². The lowest BCUT2D eigenvalue weighted by Crippen LogP contribution is -2.17. The maximum atomic E-state index is 12.9. The van der Waals surface area contributed by atoms with Gasteiger partial charge in [0, 0.05) is 5.69 Å². The summed E-state index contributed by atoms with van der Waals surface area (Å²) in [6, 6.07) is 1.25. The maximum absolute atomic E-state index is 12.9. The Hall–Kier alpha value is -1.79. The summed E-state index contributed by atoms with van der Waals surface area (Å²) in [5.74, 6) is -3.48. The second-order valence-electron chi connectivity index (χ2n) is 2.69. The summed E-state index contributed by atoms with van der Waals surface area (Å²) in [5.41, 5.74) is 1.03. The highest BCUT2D eigenvalue weighted by Gasteiger charge is 2.39. The van der Waals surface area contributed by atoms with E-state index in [0.717, 1.165) is 0 Å². The summed E-state index contributed by atoms with van der Waals surface area (Å²) in [5, 5.41) is 8.44. The zero-order valence-corrected chi connectivity index (χ0v) is 7.10. The number of halogens is 4. The maximum Gasteiger partial charge on any atom is 0.419 e. The normalized spacial score (nSPS) is 11.5. The van der Waals surface area contributed by atoms with Gasteiger partial charge in [0.25, 0.3) is 0 Å². The highest BCUT2D eigenvalue weighted by Crippen LogP contribution is 2.37. The van der Waals surface area contributed by atoms with Gasteiger partial charge in [-0.15, -0.1) is 0 Å². The van der Waals surface area contributed by atoms with Crippen molar-refractivity contribution < 1.29 is 27.5 Å². The minimum absolute atomic E-state index is 0.577. The molecule has 0 heterocycles. The number of alkyl halides is 3. The van der Waals surface area contributed by atoms with Crippen molar-refractivity contribution >= 4 is 11.7 Å². The van der Waals surface area contributed by atoms with Crippen molar-refractivity contribution in [2.75, 3.05) is 5.73 Å². The first-order valence-electron chi connectivity index (χ1n) is 3.63. The average molecular weight is 223 g/mol. The molecule has 0 radical (unpaired) electrons. The molecule has 3 N–H and O–H groups in total. The van der Waals surface area contributed by atoms with E-state index in [-0.39, 0.29) is 0 Å². The van der Waals surface area contributed by atoms with Crippen molar-refractivity contribution in [3.05, 3.63) is 29.1 Å². The Labute approximate surface area is 81.1 Å². The van der Waals surface area contributed by atoms with E-state index in [0.29, 0.717) is 12.1 Å². The summed E-state index contributed by atoms with van der Waals surface area (Å²) in [6.07, 6.45) is -5.00. The lowest BCUT2D eigenvalue weighted by Gasteiger charge is -2.13. The number of benzene rings is 1. The molecule has 0 aromatic heterocycles. The first-order chi connectivity index (χ1) is 6.75. The molecule has 0 saturated heterocycles. The second-order valence-corrected chi connectivity index (χ2v) is 2.69. The first kappa shape index (κ1) is 11.3. The number of nitrogen functional groups attached to an aromatic ring is 1. The Bertz CT molecular complexity index is 414. The van der Waals surface area contributed by atoms with Gasteiger partial charge in [-0.3, -0.25) is 0 Å². The van der Waals surface area contributed by atoms with Crippen LogP contribution in [-0.2, 0) is 6.18 Å². The molecule has 3 nitrogen and oxygen atoms in total. The lowest BCUT2D eigenvalue weighted by atomic mass is 10.0. The van der Waals surface area contributed by atoms with Crippen LogP contribution >= 0.6 is 0 Å². The van der Waals surface area contributed by atoms with Crippen LogP contribution in [-0.4, -0.2) is 11.1 Å². The number of rotatable bonds is 1. The van der Waals surface area contributed by atoms with E-state index >= 15 is 0 Å². The third-order valence-electron chi connectivity index (χ3n) is 1.68. The van der Waals surface area contributed by atoms with Crippen molar-refractivity contribution in [1.29, 1.82) is 0 Å². The highest BCUT2D eigenvalue weighted by atomic mass is 19.4. The molecule has 82 valence electrons. The third-order valence-corrected chi connectivity index (χ3v) is 1.68. The van der Waals surface area contributed by atoms with Crippen LogP contribution < -0.4 is 5.73 Å². The first-order valence-corrected chi connectivity index (χ1v) is 3.63. The van der Waals surface area contributed by atoms with E-state index in [9.17, 15) is 22.4 Å². The molecule has 0 unspecified atom stereocenters. The Balaban J connectivity index is 3.60. The van der Waals surface area contributed by atoms with E-state index in [1.165, 1.54) is 0 Å². The van der Waals surface area contributed by atoms with E-state index < -0.39 is 34.8 Å². The standard InChI is InChI=1S/C8H5F4NO2/c9-3-1-2-4(13)6(8(10,11)12)5(3)7(14)15/h1-2H,13H2,(H,14,15). The number of hydrogen-bond donors (Lipinski definition) is 2. The Kier molecular flexibility index (Phi) is 2.57. The van der Waals surface area contributed by atoms with Gasteiger partial charge < -0.3 is 10.8 Å². The highest BCUT2D eigenvalue weighted by molar-refractivity contribution is 5.91. The molecule has 1 rings (SSSR count). The molecule has 0 aliphatic carbocycles. The lowest BCUT2D eigenvalue weighted by molar-refractivity contribution is -0.137. The molecular weight excluding hydrogens is 218 g/mol. The van der Waals surface area contributed by atoms with E-state index in [4.69, 9.17) is 10.8 Å². The molecular formula is C8H5F4NO2. The van der Waals surface area contributed by atoms with Gasteiger partial charge >= 0.3 is 12.1 Å². The molecule has 1 aromatic rings. The van der Waals surface area contributed by atoms with Crippen molar-refractivity contribution in [2.45, 2.75) is 6.18 Å². The van der Waals surface area contributed by atoms with Crippen molar-refractivity contribution in [3.8, 4) is 0 Å². The molecule has 0 saturated carbocycles. The Morgan fingerprint density at radius 3 is 2.20 bits per heavy atom. The van der Waals surface area contributed by atoms with Crippen molar-refractivity contribution in [2.24, 2.45) is 0 Å². The molecule has 15 heavy (non-hydrogen) atoms. The summed E-state index contributed by atoms with van der Waals surface area (Å²) in [4.78, 5) is 10.4. The number of carboxylic acid groups (broad SMARTS) is 1. The van der Waals surface area contributed by atoms with Crippen LogP contribution in [0.25, 0.3) is 0 Å². The zero-order valence-electron chi connectivity index (χ0n) is 7.10. The predicted octanol–water partition coefficient (Wildman–Crippen LogP) is 2.12. The summed E-state index contributed by atoms with van der Waals surface area (Å²) in [6.45, 7) is 0. The molecule has 0 amide bonds. The molecule has 0 fully saturated rings. The molecule has 0 bridgehead atoms. The molecule has 0 aliphatic heterocycles. The fourth-order valence-electron chi connectivity index (χ4n) is 1.11. The SMILES string of the molecule is Nc1ccc(F)c(C(=O)O)c1C(F)(F)F. The third kappa shape index (κ3) is 2.00. The smallest absolute Gasteiger partial charge is 0.419 e. The monoisotopic (exact) mass is 223 g/mol. The van der Waals surface area contributed by atoms with Gasteiger partial charge in [0.05, 0.1) is 5.56 Å². The fourth-order valence-corrected chi connectivity index (χ4v) is 1.11. The van der Waals surface area contributed by atoms with Crippen LogP contribution in [0.4, 0.5) is 23.2 Å². The number of hydrogen-bond acceptors (Lipinski definition) is 2. The van der Waals surface area contributed by atoms with Gasteiger partial charge in [0.1, 0.15) is 11.4 Å². The van der Waals surface area contributed by atoms with Gasteiger partial charge in [-0.05, 0) is 12.1 Å². The van der Waals surface area contributed by atoms with Crippen LogP contribution in [0.3, 0.4) is 0 Å². The number of nitrogens with two attached hydrogens (primary N) is 1. The van der Waals surface area contributed by atoms with Gasteiger partial charge in [-0.25, -0.2) is 9.18 Å². The summed E-state index contributed by atoms with van der Waals surface area (Å²) >= 11 is 0. The van der Waals surface area contributed by atoms with Crippen LogP contribution in [0.1, 0.15) is 15.9 Å². The van der Waals surface area contributed by atoms with E-state index in [2.05, 4.69) is 0 Å². The summed E-state index contributed by atoms with van der Waals surface area (Å²) < 4.78 is 49.9. The van der Waals surface area contributed by atoms with Crippen molar-refractivity contribution in [1.82, 2.24) is 0 Å². The van der Waals surface area contributed by atoms with Crippen LogP contribution in [0.2, 0.25) is 0 Å². The molecule has 0 atom stereocenters. The quantitative estimate of drug-likeness (QED) is 0.566. The second kappa shape index (κ2) is 3.41. The number of aromatic carboxylic acids is 1. The van der Waals surface area contributed by atoms with Gasteiger partial charge in [0.2, 0.25) is 0 Å². The molecule has 1 aromatic carbocycles. The molecule has 0 spiro atoms. The van der Waals surface area contributed by atoms with Crippen molar-refractivity contribution in [3.63, 3.8) is 0 Å². The van der Waals surface area contributed by atoms with Gasteiger partial charge in [-0.1, -0.05) is 0 Å². The minimum Gasteiger partial charge on any atom is -0.478 e. The fraction of sp³-hybridized carbons (Fsp3) is 0.125. The predicted molar refractivity (Wildman–Crippen MR) is 42.8 cm³/mol. The largest absolute Gasteiger partial charge is 0.478 e. The Morgan fingerprint density at radius 1 is 1.33 bits per heavy atom. The van der Waals surface area contributed by atoms with E-state index in [1.807, 2.05) is 0 Å². The topological polar surface area (TPSA) is 63.3 Å². The number of carbonyl (C=O) groups is 1. The number of carboxylic acids is 1.